The Morgan fingerprint density at radius 3 is 2.37 bits per heavy atom. The van der Waals surface area contributed by atoms with Gasteiger partial charge in [0.2, 0.25) is 0 Å². The Hall–Kier alpha value is -3.78. The van der Waals surface area contributed by atoms with Gasteiger partial charge in [0.25, 0.3) is 0 Å². The second kappa shape index (κ2) is 7.61. The van der Waals surface area contributed by atoms with Crippen LogP contribution in [0.4, 0.5) is 13.2 Å². The van der Waals surface area contributed by atoms with Crippen LogP contribution in [0.3, 0.4) is 0 Å². The predicted octanol–water partition coefficient (Wildman–Crippen LogP) is 6.02. The van der Waals surface area contributed by atoms with Crippen molar-refractivity contribution < 1.29 is 32.9 Å². The van der Waals surface area contributed by atoms with Gasteiger partial charge in [0.05, 0.1) is 17.7 Å². The van der Waals surface area contributed by atoms with Gasteiger partial charge in [0.1, 0.15) is 17.2 Å². The first-order valence-electron chi connectivity index (χ1n) is 11.0. The number of carboxylic acids is 1. The maximum Gasteiger partial charge on any atom is 0.338 e. The van der Waals surface area contributed by atoms with Crippen LogP contribution in [0.2, 0.25) is 0 Å². The minimum Gasteiger partial charge on any atom is -0.507 e. The van der Waals surface area contributed by atoms with Gasteiger partial charge >= 0.3 is 5.97 Å². The summed E-state index contributed by atoms with van der Waals surface area (Å²) < 4.78 is 50.9. The fourth-order valence-corrected chi connectivity index (χ4v) is 5.00. The molecule has 0 spiro atoms. The molecule has 1 aliphatic rings. The van der Waals surface area contributed by atoms with E-state index in [9.17, 15) is 28.2 Å². The van der Waals surface area contributed by atoms with Crippen LogP contribution in [0.5, 0.6) is 5.75 Å². The summed E-state index contributed by atoms with van der Waals surface area (Å²) in [6, 6.07) is 12.3. The third-order valence-corrected chi connectivity index (χ3v) is 6.72. The van der Waals surface area contributed by atoms with E-state index in [4.69, 9.17) is 4.74 Å². The average Bonchev–Trinajstić information content (AvgIpc) is 3.17. The summed E-state index contributed by atoms with van der Waals surface area (Å²) in [5.41, 5.74) is 0.0449. The van der Waals surface area contributed by atoms with Crippen molar-refractivity contribution in [3.8, 4) is 11.4 Å². The molecule has 0 saturated heterocycles. The molecule has 35 heavy (non-hydrogen) atoms. The van der Waals surface area contributed by atoms with Crippen LogP contribution in [-0.2, 0) is 15.8 Å². The standard InChI is InChI=1S/C27H22F3NO4/c1-26(2)13-35-27(3,14-7-9-16(25(33)34)18(29)11-14)23-22-20(5-4-6-21(22)32)31(24(23)26)15-8-10-17(28)19(30)12-15/h4-12,32H,13H2,1-3H3,(H,33,34). The molecule has 5 nitrogen and oxygen atoms in total. The van der Waals surface area contributed by atoms with Gasteiger partial charge in [0, 0.05) is 33.8 Å². The summed E-state index contributed by atoms with van der Waals surface area (Å²) in [5.74, 6) is -4.37. The van der Waals surface area contributed by atoms with Crippen molar-refractivity contribution in [1.82, 2.24) is 4.57 Å². The number of aromatic hydroxyl groups is 1. The first-order chi connectivity index (χ1) is 16.5. The number of fused-ring (bicyclic) bond motifs is 3. The van der Waals surface area contributed by atoms with Gasteiger partial charge in [-0.25, -0.2) is 18.0 Å². The largest absolute Gasteiger partial charge is 0.507 e. The SMILES string of the molecule is CC1(C)COC(C)(c2ccc(C(=O)O)c(F)c2)c2c1n(-c1ccc(F)c(F)c1)c1cccc(O)c21. The van der Waals surface area contributed by atoms with Crippen LogP contribution in [0, 0.1) is 17.5 Å². The summed E-state index contributed by atoms with van der Waals surface area (Å²) in [6.07, 6.45) is 0. The first-order valence-corrected chi connectivity index (χ1v) is 11.0. The summed E-state index contributed by atoms with van der Waals surface area (Å²) in [7, 11) is 0. The molecule has 0 radical (unpaired) electrons. The second-order valence-corrected chi connectivity index (χ2v) is 9.53. The zero-order valence-electron chi connectivity index (χ0n) is 19.2. The Balaban J connectivity index is 1.90. The van der Waals surface area contributed by atoms with E-state index in [2.05, 4.69) is 0 Å². The van der Waals surface area contributed by atoms with Crippen LogP contribution in [0.15, 0.2) is 54.6 Å². The first kappa shape index (κ1) is 23.0. The zero-order chi connectivity index (χ0) is 25.3. The highest BCUT2D eigenvalue weighted by molar-refractivity contribution is 5.94. The molecule has 4 aromatic rings. The van der Waals surface area contributed by atoms with Crippen molar-refractivity contribution in [3.63, 3.8) is 0 Å². The Morgan fingerprint density at radius 1 is 0.971 bits per heavy atom. The molecule has 8 heteroatoms. The Morgan fingerprint density at radius 2 is 1.71 bits per heavy atom. The molecule has 2 heterocycles. The summed E-state index contributed by atoms with van der Waals surface area (Å²) >= 11 is 0. The van der Waals surface area contributed by atoms with E-state index in [0.717, 1.165) is 18.2 Å². The number of hydrogen-bond donors (Lipinski definition) is 2. The number of nitrogens with zero attached hydrogens (tertiary/aromatic N) is 1. The molecule has 1 aromatic heterocycles. The van der Waals surface area contributed by atoms with E-state index < -0.39 is 40.0 Å². The third kappa shape index (κ3) is 3.31. The van der Waals surface area contributed by atoms with Crippen molar-refractivity contribution in [2.75, 3.05) is 6.61 Å². The van der Waals surface area contributed by atoms with Crippen LogP contribution < -0.4 is 0 Å². The number of phenolic OH excluding ortho intramolecular Hbond substituents is 1. The lowest BCUT2D eigenvalue weighted by Gasteiger charge is -2.43. The molecular weight excluding hydrogens is 459 g/mol. The number of aromatic carboxylic acids is 1. The lowest BCUT2D eigenvalue weighted by atomic mass is 9.75. The molecule has 0 bridgehead atoms. The molecule has 0 saturated carbocycles. The van der Waals surface area contributed by atoms with E-state index in [-0.39, 0.29) is 12.4 Å². The van der Waals surface area contributed by atoms with Gasteiger partial charge in [-0.15, -0.1) is 0 Å². The van der Waals surface area contributed by atoms with Crippen LogP contribution >= 0.6 is 0 Å². The average molecular weight is 481 g/mol. The minimum atomic E-state index is -1.39. The molecular formula is C27H22F3NO4. The topological polar surface area (TPSA) is 71.7 Å². The molecule has 0 amide bonds. The lowest BCUT2D eigenvalue weighted by molar-refractivity contribution is -0.0438. The monoisotopic (exact) mass is 481 g/mol. The van der Waals surface area contributed by atoms with Gasteiger partial charge in [-0.2, -0.15) is 0 Å². The molecule has 1 atom stereocenters. The number of rotatable bonds is 3. The van der Waals surface area contributed by atoms with Crippen LogP contribution in [-0.4, -0.2) is 27.4 Å². The molecule has 0 fully saturated rings. The van der Waals surface area contributed by atoms with Crippen molar-refractivity contribution in [2.45, 2.75) is 31.8 Å². The van der Waals surface area contributed by atoms with Gasteiger partial charge in [-0.3, -0.25) is 0 Å². The van der Waals surface area contributed by atoms with E-state index in [1.54, 1.807) is 23.6 Å². The number of benzene rings is 3. The Kier molecular flexibility index (Phi) is 5.00. The number of carboxylic acid groups (broad SMARTS) is 1. The molecule has 1 unspecified atom stereocenters. The summed E-state index contributed by atoms with van der Waals surface area (Å²) in [6.45, 7) is 5.75. The van der Waals surface area contributed by atoms with Gasteiger partial charge in [-0.1, -0.05) is 26.0 Å². The van der Waals surface area contributed by atoms with E-state index in [1.165, 1.54) is 24.3 Å². The van der Waals surface area contributed by atoms with Crippen LogP contribution in [0.1, 0.15) is 48.0 Å². The summed E-state index contributed by atoms with van der Waals surface area (Å²) in [4.78, 5) is 11.3. The fourth-order valence-electron chi connectivity index (χ4n) is 5.00. The van der Waals surface area contributed by atoms with Gasteiger partial charge in [-0.05, 0) is 48.9 Å². The van der Waals surface area contributed by atoms with Crippen molar-refractivity contribution in [1.29, 1.82) is 0 Å². The number of aromatic nitrogens is 1. The highest BCUT2D eigenvalue weighted by Crippen LogP contribution is 2.52. The normalized spacial score (nSPS) is 19.0. The number of carbonyl (C=O) groups is 1. The molecule has 3 aromatic carbocycles. The second-order valence-electron chi connectivity index (χ2n) is 9.53. The molecule has 5 rings (SSSR count). The van der Waals surface area contributed by atoms with Crippen molar-refractivity contribution in [2.24, 2.45) is 0 Å². The number of phenols is 1. The quantitative estimate of drug-likeness (QED) is 0.375. The minimum absolute atomic E-state index is 0.0600. The zero-order valence-corrected chi connectivity index (χ0v) is 19.2. The maximum absolute atomic E-state index is 14.7. The van der Waals surface area contributed by atoms with Crippen molar-refractivity contribution >= 4 is 16.9 Å². The molecule has 1 aliphatic heterocycles. The Bertz CT molecular complexity index is 1520. The number of hydrogen-bond acceptors (Lipinski definition) is 3. The summed E-state index contributed by atoms with van der Waals surface area (Å²) in [5, 5.41) is 20.6. The highest BCUT2D eigenvalue weighted by atomic mass is 19.2. The van der Waals surface area contributed by atoms with Gasteiger partial charge in [0.15, 0.2) is 11.6 Å². The van der Waals surface area contributed by atoms with E-state index in [1.807, 2.05) is 13.8 Å². The third-order valence-electron chi connectivity index (χ3n) is 6.72. The Labute approximate surface area is 199 Å². The van der Waals surface area contributed by atoms with Crippen LogP contribution in [0.25, 0.3) is 16.6 Å². The van der Waals surface area contributed by atoms with E-state index in [0.29, 0.717) is 33.4 Å². The molecule has 180 valence electrons. The van der Waals surface area contributed by atoms with Gasteiger partial charge < -0.3 is 19.5 Å². The van der Waals surface area contributed by atoms with E-state index >= 15 is 0 Å². The number of halogens is 3. The molecule has 2 N–H and O–H groups in total. The highest BCUT2D eigenvalue weighted by Gasteiger charge is 2.47. The van der Waals surface area contributed by atoms with Crippen molar-refractivity contribution in [3.05, 3.63) is 94.4 Å². The smallest absolute Gasteiger partial charge is 0.338 e. The predicted molar refractivity (Wildman–Crippen MR) is 124 cm³/mol. The fraction of sp³-hybridized carbons (Fsp3) is 0.222. The number of ether oxygens (including phenoxy) is 1. The molecule has 0 aliphatic carbocycles. The lowest BCUT2D eigenvalue weighted by Crippen LogP contribution is -2.43. The maximum atomic E-state index is 14.7.